The summed E-state index contributed by atoms with van der Waals surface area (Å²) in [6.45, 7) is 5.41. The molecule has 0 aliphatic heterocycles. The van der Waals surface area contributed by atoms with Crippen LogP contribution in [-0.4, -0.2) is 6.61 Å². The molecule has 0 spiro atoms. The highest BCUT2D eigenvalue weighted by Gasteiger charge is 2.22. The standard InChI is InChI=1S/C27H40O/c1-3-5-7-8-9-19-28-27-18-17-25-20-24(15-16-26(25)21-27)23-13-11-22(12-14-23)10-6-4-2/h15-18,20-23H,3-14,19H2,1-2H3/t22-,23-. The van der Waals surface area contributed by atoms with Gasteiger partial charge in [-0.15, -0.1) is 0 Å². The molecule has 0 radical (unpaired) electrons. The van der Waals surface area contributed by atoms with Crippen LogP contribution in [0.15, 0.2) is 36.4 Å². The van der Waals surface area contributed by atoms with Crippen LogP contribution in [0.25, 0.3) is 10.8 Å². The minimum absolute atomic E-state index is 0.765. The quantitative estimate of drug-likeness (QED) is 0.354. The Morgan fingerprint density at radius 1 is 0.750 bits per heavy atom. The summed E-state index contributed by atoms with van der Waals surface area (Å²) in [5.41, 5.74) is 1.55. The monoisotopic (exact) mass is 380 g/mol. The van der Waals surface area contributed by atoms with Gasteiger partial charge < -0.3 is 4.74 Å². The zero-order chi connectivity index (χ0) is 19.6. The number of hydrogen-bond donors (Lipinski definition) is 0. The van der Waals surface area contributed by atoms with E-state index < -0.39 is 0 Å². The SMILES string of the molecule is CCCCCCCOc1ccc2cc([C@H]3CC[C@H](CCCC)CC3)ccc2c1. The molecule has 2 aromatic rings. The maximum absolute atomic E-state index is 5.98. The number of unbranched alkanes of at least 4 members (excludes halogenated alkanes) is 5. The highest BCUT2D eigenvalue weighted by molar-refractivity contribution is 5.84. The first-order chi connectivity index (χ1) is 13.8. The molecule has 1 heteroatoms. The largest absolute Gasteiger partial charge is 0.494 e. The molecule has 28 heavy (non-hydrogen) atoms. The van der Waals surface area contributed by atoms with E-state index in [0.717, 1.165) is 30.6 Å². The zero-order valence-corrected chi connectivity index (χ0v) is 18.2. The van der Waals surface area contributed by atoms with Crippen LogP contribution in [0.3, 0.4) is 0 Å². The summed E-state index contributed by atoms with van der Waals surface area (Å²) in [6, 6.07) is 13.7. The van der Waals surface area contributed by atoms with Crippen molar-refractivity contribution in [3.05, 3.63) is 42.0 Å². The van der Waals surface area contributed by atoms with Gasteiger partial charge in [0.25, 0.3) is 0 Å². The van der Waals surface area contributed by atoms with Crippen LogP contribution in [0.2, 0.25) is 0 Å². The Labute approximate surface area is 172 Å². The van der Waals surface area contributed by atoms with E-state index in [4.69, 9.17) is 4.74 Å². The van der Waals surface area contributed by atoms with Crippen LogP contribution in [0, 0.1) is 5.92 Å². The summed E-state index contributed by atoms with van der Waals surface area (Å²) >= 11 is 0. The van der Waals surface area contributed by atoms with E-state index in [-0.39, 0.29) is 0 Å². The van der Waals surface area contributed by atoms with Gasteiger partial charge in [0, 0.05) is 0 Å². The zero-order valence-electron chi connectivity index (χ0n) is 18.2. The molecule has 0 unspecified atom stereocenters. The van der Waals surface area contributed by atoms with Gasteiger partial charge in [-0.3, -0.25) is 0 Å². The van der Waals surface area contributed by atoms with Crippen molar-refractivity contribution in [2.45, 2.75) is 96.8 Å². The average molecular weight is 381 g/mol. The molecule has 1 fully saturated rings. The summed E-state index contributed by atoms with van der Waals surface area (Å²) in [6.07, 6.45) is 16.2. The number of rotatable bonds is 11. The molecule has 154 valence electrons. The lowest BCUT2D eigenvalue weighted by Crippen LogP contribution is -2.13. The molecular formula is C27H40O. The lowest BCUT2D eigenvalue weighted by molar-refractivity contribution is 0.304. The van der Waals surface area contributed by atoms with Crippen LogP contribution in [-0.2, 0) is 0 Å². The topological polar surface area (TPSA) is 9.23 Å². The van der Waals surface area contributed by atoms with Crippen molar-refractivity contribution >= 4 is 10.8 Å². The van der Waals surface area contributed by atoms with Gasteiger partial charge in [-0.1, -0.05) is 83.1 Å². The van der Waals surface area contributed by atoms with E-state index in [1.165, 1.54) is 81.4 Å². The second-order valence-corrected chi connectivity index (χ2v) is 8.89. The Kier molecular flexibility index (Phi) is 8.70. The molecule has 0 heterocycles. The molecule has 2 aromatic carbocycles. The fourth-order valence-corrected chi connectivity index (χ4v) is 4.76. The van der Waals surface area contributed by atoms with Crippen LogP contribution < -0.4 is 4.74 Å². The molecule has 0 bridgehead atoms. The third kappa shape index (κ3) is 6.26. The number of ether oxygens (including phenoxy) is 1. The first-order valence-electron chi connectivity index (χ1n) is 12.0. The molecule has 1 nitrogen and oxygen atoms in total. The van der Waals surface area contributed by atoms with E-state index in [2.05, 4.69) is 50.2 Å². The van der Waals surface area contributed by atoms with Gasteiger partial charge in [-0.2, -0.15) is 0 Å². The van der Waals surface area contributed by atoms with Gasteiger partial charge in [-0.25, -0.2) is 0 Å². The van der Waals surface area contributed by atoms with Crippen LogP contribution >= 0.6 is 0 Å². The second kappa shape index (κ2) is 11.5. The first kappa shape index (κ1) is 21.2. The molecule has 1 aliphatic carbocycles. The second-order valence-electron chi connectivity index (χ2n) is 8.89. The summed E-state index contributed by atoms with van der Waals surface area (Å²) < 4.78 is 5.98. The molecule has 3 rings (SSSR count). The van der Waals surface area contributed by atoms with Crippen LogP contribution in [0.5, 0.6) is 5.75 Å². The van der Waals surface area contributed by atoms with Crippen molar-refractivity contribution in [1.82, 2.24) is 0 Å². The Hall–Kier alpha value is -1.50. The lowest BCUT2D eigenvalue weighted by atomic mass is 9.77. The maximum Gasteiger partial charge on any atom is 0.119 e. The fourth-order valence-electron chi connectivity index (χ4n) is 4.76. The summed E-state index contributed by atoms with van der Waals surface area (Å²) in [4.78, 5) is 0. The van der Waals surface area contributed by atoms with Crippen molar-refractivity contribution in [3.63, 3.8) is 0 Å². The van der Waals surface area contributed by atoms with Crippen LogP contribution in [0.1, 0.15) is 102 Å². The molecule has 0 N–H and O–H groups in total. The van der Waals surface area contributed by atoms with Gasteiger partial charge in [0.15, 0.2) is 0 Å². The Morgan fingerprint density at radius 3 is 2.25 bits per heavy atom. The first-order valence-corrected chi connectivity index (χ1v) is 12.0. The molecule has 0 aromatic heterocycles. The smallest absolute Gasteiger partial charge is 0.119 e. The average Bonchev–Trinajstić information content (AvgIpc) is 2.74. The predicted octanol–water partition coefficient (Wildman–Crippen LogP) is 8.65. The Bertz CT molecular complexity index is 696. The van der Waals surface area contributed by atoms with E-state index in [1.54, 1.807) is 5.56 Å². The van der Waals surface area contributed by atoms with Gasteiger partial charge in [0.1, 0.15) is 5.75 Å². The minimum atomic E-state index is 0.765. The summed E-state index contributed by atoms with van der Waals surface area (Å²) in [5, 5.41) is 2.67. The molecule has 0 saturated heterocycles. The number of hydrogen-bond acceptors (Lipinski definition) is 1. The fraction of sp³-hybridized carbons (Fsp3) is 0.630. The molecule has 0 atom stereocenters. The Balaban J connectivity index is 1.52. The van der Waals surface area contributed by atoms with Crippen molar-refractivity contribution in [3.8, 4) is 5.75 Å². The van der Waals surface area contributed by atoms with Gasteiger partial charge in [0.2, 0.25) is 0 Å². The van der Waals surface area contributed by atoms with Gasteiger partial charge in [0.05, 0.1) is 6.61 Å². The van der Waals surface area contributed by atoms with E-state index in [1.807, 2.05) is 0 Å². The highest BCUT2D eigenvalue weighted by atomic mass is 16.5. The third-order valence-electron chi connectivity index (χ3n) is 6.64. The highest BCUT2D eigenvalue weighted by Crippen LogP contribution is 2.38. The maximum atomic E-state index is 5.98. The molecule has 1 saturated carbocycles. The molecule has 1 aliphatic rings. The van der Waals surface area contributed by atoms with E-state index in [0.29, 0.717) is 0 Å². The van der Waals surface area contributed by atoms with Crippen molar-refractivity contribution in [2.75, 3.05) is 6.61 Å². The predicted molar refractivity (Wildman–Crippen MR) is 122 cm³/mol. The van der Waals surface area contributed by atoms with E-state index >= 15 is 0 Å². The summed E-state index contributed by atoms with van der Waals surface area (Å²) in [5.74, 6) is 2.77. The summed E-state index contributed by atoms with van der Waals surface area (Å²) in [7, 11) is 0. The lowest BCUT2D eigenvalue weighted by Gasteiger charge is -2.29. The third-order valence-corrected chi connectivity index (χ3v) is 6.64. The molecule has 0 amide bonds. The minimum Gasteiger partial charge on any atom is -0.494 e. The number of benzene rings is 2. The number of fused-ring (bicyclic) bond motifs is 1. The van der Waals surface area contributed by atoms with Crippen LogP contribution in [0.4, 0.5) is 0 Å². The molecular weight excluding hydrogens is 340 g/mol. The van der Waals surface area contributed by atoms with Crippen molar-refractivity contribution < 1.29 is 4.74 Å². The van der Waals surface area contributed by atoms with E-state index in [9.17, 15) is 0 Å². The van der Waals surface area contributed by atoms with Gasteiger partial charge in [-0.05, 0) is 72.4 Å². The normalized spacial score (nSPS) is 19.8. The van der Waals surface area contributed by atoms with Crippen molar-refractivity contribution in [2.24, 2.45) is 5.92 Å². The van der Waals surface area contributed by atoms with Gasteiger partial charge >= 0.3 is 0 Å². The Morgan fingerprint density at radius 2 is 1.46 bits per heavy atom. The van der Waals surface area contributed by atoms with Crippen molar-refractivity contribution in [1.29, 1.82) is 0 Å².